The summed E-state index contributed by atoms with van der Waals surface area (Å²) < 4.78 is 13.9. The molecule has 23 heavy (non-hydrogen) atoms. The number of nitrogens with one attached hydrogen (secondary N) is 3. The van der Waals surface area contributed by atoms with Crippen molar-refractivity contribution in [3.8, 4) is 0 Å². The zero-order valence-electron chi connectivity index (χ0n) is 13.7. The molecule has 130 valence electrons. The zero-order valence-corrected chi connectivity index (χ0v) is 14.6. The van der Waals surface area contributed by atoms with Gasteiger partial charge in [0.05, 0.1) is 5.69 Å². The Morgan fingerprint density at radius 3 is 2.48 bits per heavy atom. The molecule has 3 N–H and O–H groups in total. The number of hydrogen-bond donors (Lipinski definition) is 3. The van der Waals surface area contributed by atoms with Crippen LogP contribution in [-0.4, -0.2) is 31.4 Å². The second-order valence-corrected chi connectivity index (χ2v) is 5.45. The van der Waals surface area contributed by atoms with Crippen molar-refractivity contribution in [2.24, 2.45) is 5.92 Å². The van der Waals surface area contributed by atoms with Crippen molar-refractivity contribution in [3.63, 3.8) is 0 Å². The van der Waals surface area contributed by atoms with Crippen molar-refractivity contribution in [2.45, 2.75) is 27.2 Å². The van der Waals surface area contributed by atoms with Gasteiger partial charge in [0.15, 0.2) is 0 Å². The van der Waals surface area contributed by atoms with Crippen LogP contribution in [0.2, 0.25) is 0 Å². The lowest BCUT2D eigenvalue weighted by Gasteiger charge is -2.10. The van der Waals surface area contributed by atoms with Gasteiger partial charge in [-0.2, -0.15) is 0 Å². The molecule has 7 heteroatoms. The number of anilines is 1. The first-order valence-electron chi connectivity index (χ1n) is 7.52. The molecule has 0 saturated heterocycles. The monoisotopic (exact) mass is 345 g/mol. The van der Waals surface area contributed by atoms with Gasteiger partial charge in [-0.15, -0.1) is 12.4 Å². The molecule has 0 aliphatic heterocycles. The van der Waals surface area contributed by atoms with E-state index in [0.717, 1.165) is 12.6 Å². The smallest absolute Gasteiger partial charge is 0.251 e. The second kappa shape index (κ2) is 11.0. The van der Waals surface area contributed by atoms with Crippen LogP contribution in [0, 0.1) is 11.7 Å². The number of carbonyl (C=O) groups excluding carboxylic acids is 2. The second-order valence-electron chi connectivity index (χ2n) is 5.45. The lowest BCUT2D eigenvalue weighted by atomic mass is 10.1. The van der Waals surface area contributed by atoms with Crippen LogP contribution in [0.25, 0.3) is 0 Å². The van der Waals surface area contributed by atoms with Gasteiger partial charge < -0.3 is 16.0 Å². The van der Waals surface area contributed by atoms with Gasteiger partial charge in [-0.05, 0) is 30.7 Å². The fourth-order valence-electron chi connectivity index (χ4n) is 1.87. The molecule has 1 rings (SSSR count). The summed E-state index contributed by atoms with van der Waals surface area (Å²) in [5, 5.41) is 8.28. The van der Waals surface area contributed by atoms with E-state index in [1.54, 1.807) is 0 Å². The summed E-state index contributed by atoms with van der Waals surface area (Å²) in [5.41, 5.74) is 0.325. The van der Waals surface area contributed by atoms with Crippen molar-refractivity contribution in [3.05, 3.63) is 29.6 Å². The van der Waals surface area contributed by atoms with Gasteiger partial charge in [-0.25, -0.2) is 4.39 Å². The first-order valence-corrected chi connectivity index (χ1v) is 7.52. The van der Waals surface area contributed by atoms with Gasteiger partial charge in [-0.1, -0.05) is 20.8 Å². The SMILES string of the molecule is CCNCCNC(=O)c1ccc(NC(=O)CC(C)C)c(F)c1.Cl. The van der Waals surface area contributed by atoms with Crippen LogP contribution in [0.4, 0.5) is 10.1 Å². The number of rotatable bonds is 8. The van der Waals surface area contributed by atoms with Gasteiger partial charge in [0, 0.05) is 25.1 Å². The topological polar surface area (TPSA) is 70.2 Å². The van der Waals surface area contributed by atoms with E-state index in [-0.39, 0.29) is 41.4 Å². The molecule has 0 aliphatic carbocycles. The normalized spacial score (nSPS) is 10.1. The van der Waals surface area contributed by atoms with Crippen molar-refractivity contribution in [1.82, 2.24) is 10.6 Å². The Kier molecular flexibility index (Phi) is 10.2. The number of likely N-dealkylation sites (N-methyl/N-ethyl adjacent to an activating group) is 1. The zero-order chi connectivity index (χ0) is 16.5. The molecule has 0 fully saturated rings. The highest BCUT2D eigenvalue weighted by Gasteiger charge is 2.12. The molecule has 0 heterocycles. The van der Waals surface area contributed by atoms with E-state index in [1.807, 2.05) is 20.8 Å². The van der Waals surface area contributed by atoms with Gasteiger partial charge >= 0.3 is 0 Å². The maximum absolute atomic E-state index is 13.9. The van der Waals surface area contributed by atoms with Crippen LogP contribution in [-0.2, 0) is 4.79 Å². The Hall–Kier alpha value is -1.66. The summed E-state index contributed by atoms with van der Waals surface area (Å²) in [6.45, 7) is 7.77. The number of carbonyl (C=O) groups is 2. The molecule has 0 bridgehead atoms. The standard InChI is InChI=1S/C16H24FN3O2.ClH/c1-4-18-7-8-19-16(22)12-5-6-14(13(17)10-12)20-15(21)9-11(2)3;/h5-6,10-11,18H,4,7-9H2,1-3H3,(H,19,22)(H,20,21);1H. The van der Waals surface area contributed by atoms with Crippen molar-refractivity contribution in [1.29, 1.82) is 0 Å². The number of benzene rings is 1. The van der Waals surface area contributed by atoms with E-state index in [2.05, 4.69) is 16.0 Å². The molecule has 2 amide bonds. The van der Waals surface area contributed by atoms with Gasteiger partial charge in [0.25, 0.3) is 5.91 Å². The van der Waals surface area contributed by atoms with E-state index < -0.39 is 5.82 Å². The summed E-state index contributed by atoms with van der Waals surface area (Å²) >= 11 is 0. The summed E-state index contributed by atoms with van der Waals surface area (Å²) in [7, 11) is 0. The van der Waals surface area contributed by atoms with E-state index in [9.17, 15) is 14.0 Å². The average molecular weight is 346 g/mol. The minimum Gasteiger partial charge on any atom is -0.351 e. The molecular weight excluding hydrogens is 321 g/mol. The van der Waals surface area contributed by atoms with Gasteiger partial charge in [-0.3, -0.25) is 9.59 Å². The maximum atomic E-state index is 13.9. The van der Waals surface area contributed by atoms with Crippen molar-refractivity contribution >= 4 is 29.9 Å². The van der Waals surface area contributed by atoms with Crippen LogP contribution in [0.1, 0.15) is 37.6 Å². The Labute approximate surface area is 142 Å². The Morgan fingerprint density at radius 1 is 1.22 bits per heavy atom. The Morgan fingerprint density at radius 2 is 1.91 bits per heavy atom. The predicted molar refractivity (Wildman–Crippen MR) is 92.6 cm³/mol. The van der Waals surface area contributed by atoms with Crippen molar-refractivity contribution in [2.75, 3.05) is 25.0 Å². The number of hydrogen-bond acceptors (Lipinski definition) is 3. The van der Waals surface area contributed by atoms with E-state index >= 15 is 0 Å². The molecule has 0 spiro atoms. The average Bonchev–Trinajstić information content (AvgIpc) is 2.44. The van der Waals surface area contributed by atoms with Gasteiger partial charge in [0.2, 0.25) is 5.91 Å². The molecule has 5 nitrogen and oxygen atoms in total. The molecule has 0 radical (unpaired) electrons. The minimum atomic E-state index is -0.614. The minimum absolute atomic E-state index is 0. The lowest BCUT2D eigenvalue weighted by molar-refractivity contribution is -0.116. The molecule has 1 aromatic rings. The summed E-state index contributed by atoms with van der Waals surface area (Å²) in [5.74, 6) is -0.991. The molecular formula is C16H25ClFN3O2. The highest BCUT2D eigenvalue weighted by Crippen LogP contribution is 2.16. The van der Waals surface area contributed by atoms with Crippen LogP contribution in [0.3, 0.4) is 0 Å². The quantitative estimate of drug-likeness (QED) is 0.634. The molecule has 0 atom stereocenters. The largest absolute Gasteiger partial charge is 0.351 e. The highest BCUT2D eigenvalue weighted by molar-refractivity contribution is 5.96. The predicted octanol–water partition coefficient (Wildman–Crippen LogP) is 2.57. The van der Waals surface area contributed by atoms with Crippen molar-refractivity contribution < 1.29 is 14.0 Å². The molecule has 0 unspecified atom stereocenters. The summed E-state index contributed by atoms with van der Waals surface area (Å²) in [4.78, 5) is 23.5. The van der Waals surface area contributed by atoms with Crippen LogP contribution >= 0.6 is 12.4 Å². The third-order valence-corrected chi connectivity index (χ3v) is 2.94. The van der Waals surface area contributed by atoms with Gasteiger partial charge in [0.1, 0.15) is 5.82 Å². The molecule has 0 aliphatic rings. The number of halogens is 2. The fraction of sp³-hybridized carbons (Fsp3) is 0.500. The Balaban J connectivity index is 0.00000484. The van der Waals surface area contributed by atoms with Crippen LogP contribution in [0.15, 0.2) is 18.2 Å². The molecule has 1 aromatic carbocycles. The first kappa shape index (κ1) is 21.3. The highest BCUT2D eigenvalue weighted by atomic mass is 35.5. The molecule has 0 saturated carbocycles. The third-order valence-electron chi connectivity index (χ3n) is 2.94. The van der Waals surface area contributed by atoms with Crippen LogP contribution < -0.4 is 16.0 Å². The summed E-state index contributed by atoms with van der Waals surface area (Å²) in [6.07, 6.45) is 0.326. The lowest BCUT2D eigenvalue weighted by Crippen LogP contribution is -2.31. The Bertz CT molecular complexity index is 524. The van der Waals surface area contributed by atoms with E-state index in [1.165, 1.54) is 12.1 Å². The molecule has 0 aromatic heterocycles. The van der Waals surface area contributed by atoms with Crippen LogP contribution in [0.5, 0.6) is 0 Å². The van der Waals surface area contributed by atoms with E-state index in [4.69, 9.17) is 0 Å². The third kappa shape index (κ3) is 7.95. The van der Waals surface area contributed by atoms with E-state index in [0.29, 0.717) is 19.5 Å². The summed E-state index contributed by atoms with van der Waals surface area (Å²) in [6, 6.07) is 4.04. The first-order chi connectivity index (χ1) is 10.4. The fourth-order valence-corrected chi connectivity index (χ4v) is 1.87. The number of amides is 2. The maximum Gasteiger partial charge on any atom is 0.251 e.